The maximum atomic E-state index is 14.0. The largest absolute Gasteiger partial charge is 0.469 e. The molecule has 0 bridgehead atoms. The molecule has 264 valence electrons. The first-order chi connectivity index (χ1) is 23.0. The summed E-state index contributed by atoms with van der Waals surface area (Å²) in [5, 5.41) is 11.9. The van der Waals surface area contributed by atoms with E-state index in [2.05, 4.69) is 0 Å². The highest BCUT2D eigenvalue weighted by Crippen LogP contribution is 2.48. The van der Waals surface area contributed by atoms with Gasteiger partial charge >= 0.3 is 24.4 Å². The van der Waals surface area contributed by atoms with Crippen LogP contribution in [0.3, 0.4) is 0 Å². The molecule has 0 saturated carbocycles. The number of amides is 1. The van der Waals surface area contributed by atoms with Gasteiger partial charge in [0.2, 0.25) is 6.54 Å². The van der Waals surface area contributed by atoms with Crippen LogP contribution in [0, 0.1) is 15.5 Å². The van der Waals surface area contributed by atoms with Gasteiger partial charge in [-0.3, -0.25) is 19.8 Å². The number of carbonyl (C=O) groups excluding carboxylic acids is 2. The first-order valence-corrected chi connectivity index (χ1v) is 15.1. The van der Waals surface area contributed by atoms with E-state index in [4.69, 9.17) is 14.2 Å². The molecule has 1 aliphatic heterocycles. The lowest BCUT2D eigenvalue weighted by Gasteiger charge is -2.52. The summed E-state index contributed by atoms with van der Waals surface area (Å²) in [6, 6.07) is 18.1. The summed E-state index contributed by atoms with van der Waals surface area (Å²) in [6.45, 7) is -0.462. The van der Waals surface area contributed by atoms with E-state index < -0.39 is 82.7 Å². The van der Waals surface area contributed by atoms with Crippen molar-refractivity contribution in [2.24, 2.45) is 5.41 Å². The Balaban J connectivity index is 1.78. The third kappa shape index (κ3) is 9.08. The summed E-state index contributed by atoms with van der Waals surface area (Å²) >= 11 is 0. The van der Waals surface area contributed by atoms with Crippen LogP contribution in [0.2, 0.25) is 0 Å². The number of nitrogens with zero attached hydrogens (tertiary/aromatic N) is 2. The molecule has 1 amide bonds. The van der Waals surface area contributed by atoms with Crippen LogP contribution in [0.1, 0.15) is 60.1 Å². The molecule has 3 unspecified atom stereocenters. The molecule has 15 heteroatoms. The van der Waals surface area contributed by atoms with Crippen molar-refractivity contribution >= 4 is 12.1 Å². The van der Waals surface area contributed by atoms with Gasteiger partial charge in [-0.1, -0.05) is 60.7 Å². The van der Waals surface area contributed by atoms with Crippen molar-refractivity contribution in [3.8, 4) is 0 Å². The second-order valence-corrected chi connectivity index (χ2v) is 12.1. The van der Waals surface area contributed by atoms with Crippen molar-refractivity contribution in [2.45, 2.75) is 56.8 Å². The van der Waals surface area contributed by atoms with Gasteiger partial charge < -0.3 is 14.2 Å². The van der Waals surface area contributed by atoms with E-state index in [-0.39, 0.29) is 32.1 Å². The molecule has 1 fully saturated rings. The Labute approximate surface area is 277 Å². The number of methoxy groups -OCH3 is 1. The average Bonchev–Trinajstić information content (AvgIpc) is 3.06. The maximum Gasteiger partial charge on any atom is 0.416 e. The molecule has 4 rings (SSSR count). The van der Waals surface area contributed by atoms with Gasteiger partial charge in [0.1, 0.15) is 6.61 Å². The van der Waals surface area contributed by atoms with Crippen molar-refractivity contribution in [1.29, 1.82) is 0 Å². The molecule has 3 aromatic rings. The minimum absolute atomic E-state index is 0.0000385. The first-order valence-electron chi connectivity index (χ1n) is 15.1. The van der Waals surface area contributed by atoms with Crippen LogP contribution in [0.4, 0.5) is 31.1 Å². The average molecular weight is 697 g/mol. The fourth-order valence-corrected chi connectivity index (χ4v) is 6.05. The van der Waals surface area contributed by atoms with Gasteiger partial charge in [-0.2, -0.15) is 26.3 Å². The standard InChI is InChI=1S/C34H34F6N2O7/c1-23(25-15-27(33(35,36)37)17-28(16-25)34(38,39)40)49-22-32(26-11-7-4-8-12-26)14-13-31(21-42(45)46,18-29(43)47-2)20-41(32)30(44)48-19-24-9-5-3-6-10-24/h3-12,15-17,23H,13-14,18-22H2,1-2H3. The highest BCUT2D eigenvalue weighted by molar-refractivity contribution is 5.72. The number of likely N-dealkylation sites (tertiary alicyclic amines) is 1. The van der Waals surface area contributed by atoms with Crippen molar-refractivity contribution in [1.82, 2.24) is 4.90 Å². The van der Waals surface area contributed by atoms with E-state index in [0.29, 0.717) is 23.3 Å². The van der Waals surface area contributed by atoms with Crippen LogP contribution in [-0.4, -0.2) is 48.7 Å². The number of hydrogen-bond donors (Lipinski definition) is 0. The fourth-order valence-electron chi connectivity index (χ4n) is 6.05. The Morgan fingerprint density at radius 3 is 2.02 bits per heavy atom. The number of ether oxygens (including phenoxy) is 3. The number of benzene rings is 3. The van der Waals surface area contributed by atoms with E-state index in [1.54, 1.807) is 60.7 Å². The molecule has 0 aromatic heterocycles. The fraction of sp³-hybridized carbons (Fsp3) is 0.412. The summed E-state index contributed by atoms with van der Waals surface area (Å²) in [6.07, 6.45) is -12.9. The van der Waals surface area contributed by atoms with E-state index >= 15 is 0 Å². The van der Waals surface area contributed by atoms with Crippen LogP contribution in [-0.2, 0) is 43.5 Å². The number of piperidine rings is 1. The van der Waals surface area contributed by atoms with E-state index in [9.17, 15) is 46.0 Å². The van der Waals surface area contributed by atoms with Gasteiger partial charge in [0.05, 0.1) is 48.3 Å². The lowest BCUT2D eigenvalue weighted by atomic mass is 9.69. The van der Waals surface area contributed by atoms with Crippen molar-refractivity contribution in [3.05, 3.63) is 117 Å². The Kier molecular flexibility index (Phi) is 11.3. The minimum atomic E-state index is -5.08. The summed E-state index contributed by atoms with van der Waals surface area (Å²) in [5.41, 5.74) is -5.23. The highest BCUT2D eigenvalue weighted by Gasteiger charge is 2.54. The molecule has 0 aliphatic carbocycles. The zero-order chi connectivity index (χ0) is 36.0. The molecule has 1 aliphatic rings. The number of rotatable bonds is 11. The third-order valence-corrected chi connectivity index (χ3v) is 8.68. The molecule has 3 atom stereocenters. The number of halogens is 6. The van der Waals surface area contributed by atoms with Gasteiger partial charge in [-0.25, -0.2) is 4.79 Å². The molecule has 0 radical (unpaired) electrons. The second kappa shape index (κ2) is 14.8. The van der Waals surface area contributed by atoms with Crippen LogP contribution in [0.15, 0.2) is 78.9 Å². The Hall–Kier alpha value is -4.66. The highest BCUT2D eigenvalue weighted by atomic mass is 19.4. The zero-order valence-corrected chi connectivity index (χ0v) is 26.6. The SMILES string of the molecule is COC(=O)CC1(C[N+](=O)[O-])CCC(COC(C)c2cc(C(F)(F)F)cc(C(F)(F)F)c2)(c2ccccc2)N(C(=O)OCc2ccccc2)C1. The van der Waals surface area contributed by atoms with Gasteiger partial charge in [0.15, 0.2) is 0 Å². The quantitative estimate of drug-likeness (QED) is 0.0867. The van der Waals surface area contributed by atoms with E-state index in [1.807, 2.05) is 0 Å². The molecule has 1 saturated heterocycles. The Bertz CT molecular complexity index is 1590. The predicted octanol–water partition coefficient (Wildman–Crippen LogP) is 7.96. The van der Waals surface area contributed by atoms with Crippen LogP contribution in [0.25, 0.3) is 0 Å². The van der Waals surface area contributed by atoms with Gasteiger partial charge in [0.25, 0.3) is 0 Å². The smallest absolute Gasteiger partial charge is 0.416 e. The summed E-state index contributed by atoms with van der Waals surface area (Å²) in [7, 11) is 1.12. The number of hydrogen-bond acceptors (Lipinski definition) is 7. The molecular weight excluding hydrogens is 662 g/mol. The number of alkyl halides is 6. The van der Waals surface area contributed by atoms with E-state index in [0.717, 1.165) is 7.11 Å². The third-order valence-electron chi connectivity index (χ3n) is 8.68. The van der Waals surface area contributed by atoms with Crippen LogP contribution < -0.4 is 0 Å². The lowest BCUT2D eigenvalue weighted by Crippen LogP contribution is -2.61. The minimum Gasteiger partial charge on any atom is -0.469 e. The maximum absolute atomic E-state index is 14.0. The molecule has 49 heavy (non-hydrogen) atoms. The summed E-state index contributed by atoms with van der Waals surface area (Å²) in [5.74, 6) is -0.749. The van der Waals surface area contributed by atoms with E-state index in [1.165, 1.54) is 11.8 Å². The first kappa shape index (κ1) is 37.2. The molecule has 0 N–H and O–H groups in total. The molecular formula is C34H34F6N2O7. The Morgan fingerprint density at radius 1 is 0.918 bits per heavy atom. The molecule has 3 aromatic carbocycles. The molecule has 0 spiro atoms. The zero-order valence-electron chi connectivity index (χ0n) is 26.6. The Morgan fingerprint density at radius 2 is 1.49 bits per heavy atom. The van der Waals surface area contributed by atoms with Gasteiger partial charge in [-0.15, -0.1) is 0 Å². The van der Waals surface area contributed by atoms with Crippen LogP contribution >= 0.6 is 0 Å². The summed E-state index contributed by atoms with van der Waals surface area (Å²) in [4.78, 5) is 39.0. The van der Waals surface area contributed by atoms with Crippen molar-refractivity contribution in [2.75, 3.05) is 26.8 Å². The number of carbonyl (C=O) groups is 2. The number of esters is 1. The topological polar surface area (TPSA) is 108 Å². The number of nitro groups is 1. The molecule has 1 heterocycles. The monoisotopic (exact) mass is 696 g/mol. The van der Waals surface area contributed by atoms with Gasteiger partial charge in [0, 0.05) is 11.5 Å². The predicted molar refractivity (Wildman–Crippen MR) is 162 cm³/mol. The summed E-state index contributed by atoms with van der Waals surface area (Å²) < 4.78 is 98.3. The normalized spacial score (nSPS) is 20.4. The van der Waals surface area contributed by atoms with Crippen LogP contribution in [0.5, 0.6) is 0 Å². The van der Waals surface area contributed by atoms with Gasteiger partial charge in [-0.05, 0) is 54.7 Å². The lowest BCUT2D eigenvalue weighted by molar-refractivity contribution is -0.499. The van der Waals surface area contributed by atoms with Crippen molar-refractivity contribution in [3.63, 3.8) is 0 Å². The second-order valence-electron chi connectivity index (χ2n) is 12.1. The molecule has 9 nitrogen and oxygen atoms in total. The van der Waals surface area contributed by atoms with Crippen molar-refractivity contribution < 1.29 is 55.1 Å².